The summed E-state index contributed by atoms with van der Waals surface area (Å²) in [5, 5.41) is 9.69. The quantitative estimate of drug-likeness (QED) is 0.544. The minimum absolute atomic E-state index is 0.0983. The van der Waals surface area contributed by atoms with Gasteiger partial charge in [0.1, 0.15) is 23.1 Å². The number of carbonyl (C=O) groups is 1. The minimum atomic E-state index is -1.06. The maximum atomic E-state index is 11.8. The molecule has 9 heteroatoms. The monoisotopic (exact) mass is 467 g/mol. The summed E-state index contributed by atoms with van der Waals surface area (Å²) in [7, 11) is 3.23. The van der Waals surface area contributed by atoms with E-state index in [1.165, 1.54) is 12.1 Å². The van der Waals surface area contributed by atoms with Gasteiger partial charge in [0.05, 0.1) is 19.8 Å². The van der Waals surface area contributed by atoms with Crippen molar-refractivity contribution in [2.75, 3.05) is 33.8 Å². The van der Waals surface area contributed by atoms with Crippen molar-refractivity contribution < 1.29 is 19.4 Å². The van der Waals surface area contributed by atoms with Crippen molar-refractivity contribution in [2.24, 2.45) is 0 Å². The molecule has 4 radical (unpaired) electrons. The second-order valence-electron chi connectivity index (χ2n) is 7.55. The molecule has 35 heavy (non-hydrogen) atoms. The van der Waals surface area contributed by atoms with E-state index in [0.29, 0.717) is 11.6 Å². The Morgan fingerprint density at radius 1 is 0.714 bits per heavy atom. The van der Waals surface area contributed by atoms with E-state index < -0.39 is 5.97 Å². The van der Waals surface area contributed by atoms with Gasteiger partial charge in [0, 0.05) is 36.2 Å². The molecule has 2 aromatic carbocycles. The molecule has 0 spiro atoms. The van der Waals surface area contributed by atoms with E-state index in [-0.39, 0.29) is 5.56 Å². The highest BCUT2D eigenvalue weighted by atomic mass is 16.5. The van der Waals surface area contributed by atoms with Gasteiger partial charge in [0.2, 0.25) is 13.3 Å². The number of anilines is 4. The summed E-state index contributed by atoms with van der Waals surface area (Å²) >= 11 is 0. The van der Waals surface area contributed by atoms with E-state index in [1.54, 1.807) is 46.2 Å². The van der Waals surface area contributed by atoms with Gasteiger partial charge in [0.15, 0.2) is 0 Å². The second-order valence-corrected chi connectivity index (χ2v) is 7.55. The first-order valence-corrected chi connectivity index (χ1v) is 10.6. The van der Waals surface area contributed by atoms with Crippen LogP contribution < -0.4 is 29.1 Å². The molecule has 0 fully saturated rings. The summed E-state index contributed by atoms with van der Waals surface area (Å²) in [6.07, 6.45) is 7.16. The fourth-order valence-corrected chi connectivity index (χ4v) is 3.53. The third kappa shape index (κ3) is 4.56. The highest BCUT2D eigenvalue weighted by molar-refractivity contribution is 5.90. The molecule has 1 aromatic heterocycles. The Balaban J connectivity index is 1.35. The number of aromatic carboxylic acids is 1. The van der Waals surface area contributed by atoms with Crippen molar-refractivity contribution in [3.8, 4) is 11.5 Å². The van der Waals surface area contributed by atoms with Gasteiger partial charge >= 0.3 is 5.97 Å². The van der Waals surface area contributed by atoms with Crippen LogP contribution in [0.4, 0.5) is 23.0 Å². The van der Waals surface area contributed by atoms with E-state index in [2.05, 4.69) is 18.3 Å². The van der Waals surface area contributed by atoms with Gasteiger partial charge < -0.3 is 24.4 Å². The van der Waals surface area contributed by atoms with Gasteiger partial charge in [-0.2, -0.15) is 0 Å². The highest BCUT2D eigenvalue weighted by Gasteiger charge is 2.24. The van der Waals surface area contributed by atoms with Crippen molar-refractivity contribution >= 4 is 29.0 Å². The number of nitrogens with zero attached hydrogens (tertiary/aromatic N) is 5. The number of ether oxygens (including phenoxy) is 2. The topological polar surface area (TPSA) is 81.6 Å². The third-order valence-corrected chi connectivity index (χ3v) is 5.40. The second kappa shape index (κ2) is 9.30. The van der Waals surface area contributed by atoms with E-state index in [4.69, 9.17) is 9.47 Å². The summed E-state index contributed by atoms with van der Waals surface area (Å²) < 4.78 is 10.4. The van der Waals surface area contributed by atoms with E-state index in [9.17, 15) is 9.90 Å². The Labute approximate surface area is 203 Å². The predicted octanol–water partition coefficient (Wildman–Crippen LogP) is 4.39. The lowest BCUT2D eigenvalue weighted by atomic mass is 10.2. The number of rotatable bonds is 7. The number of methoxy groups -OCH3 is 2. The first kappa shape index (κ1) is 22.1. The number of carboxylic acids is 1. The lowest BCUT2D eigenvalue weighted by Crippen LogP contribution is -2.22. The van der Waals surface area contributed by atoms with Crippen LogP contribution in [0.2, 0.25) is 0 Å². The number of hydrogen-bond acceptors (Lipinski definition) is 8. The zero-order chi connectivity index (χ0) is 24.4. The normalized spacial score (nSPS) is 14.7. The van der Waals surface area contributed by atoms with Crippen LogP contribution in [0.25, 0.3) is 0 Å². The molecular formula is C26H21N5O4. The van der Waals surface area contributed by atoms with Gasteiger partial charge in [-0.15, -0.1) is 0 Å². The molecule has 2 aliphatic heterocycles. The lowest BCUT2D eigenvalue weighted by Gasteiger charge is -2.22. The van der Waals surface area contributed by atoms with Crippen LogP contribution in [0.5, 0.6) is 11.5 Å². The van der Waals surface area contributed by atoms with E-state index in [0.717, 1.165) is 22.9 Å². The molecule has 3 aromatic rings. The Hall–Kier alpha value is -4.66. The molecule has 0 amide bonds. The summed E-state index contributed by atoms with van der Waals surface area (Å²) in [5.41, 5.74) is 1.85. The van der Waals surface area contributed by atoms with Gasteiger partial charge in [-0.3, -0.25) is 9.80 Å². The van der Waals surface area contributed by atoms with Crippen LogP contribution in [0.15, 0.2) is 85.5 Å². The maximum absolute atomic E-state index is 11.8. The van der Waals surface area contributed by atoms with Crippen LogP contribution in [-0.2, 0) is 0 Å². The molecule has 174 valence electrons. The van der Waals surface area contributed by atoms with Crippen LogP contribution in [0.1, 0.15) is 10.4 Å². The minimum Gasteiger partial charge on any atom is -0.497 e. The molecular weight excluding hydrogens is 446 g/mol. The number of aromatic nitrogens is 1. The summed E-state index contributed by atoms with van der Waals surface area (Å²) in [5.74, 6) is 1.27. The fourth-order valence-electron chi connectivity index (χ4n) is 3.53. The SMILES string of the molecule is COc1ccc(N2[C]N(c3cc(C(=O)O)cc(N4[C]N(c5ccc(OC)cc5)C=C4)n3)C=C2)cc1. The molecule has 5 rings (SSSR count). The summed E-state index contributed by atoms with van der Waals surface area (Å²) in [6, 6.07) is 18.0. The molecule has 3 heterocycles. The molecule has 0 atom stereocenters. The first-order chi connectivity index (χ1) is 17.0. The van der Waals surface area contributed by atoms with Crippen LogP contribution in [-0.4, -0.2) is 30.3 Å². The number of carboxylic acid groups (broad SMARTS) is 1. The summed E-state index contributed by atoms with van der Waals surface area (Å²) in [6.45, 7) is 6.34. The lowest BCUT2D eigenvalue weighted by molar-refractivity contribution is 0.0697. The van der Waals surface area contributed by atoms with Crippen molar-refractivity contribution in [1.29, 1.82) is 0 Å². The molecule has 0 saturated carbocycles. The molecule has 9 nitrogen and oxygen atoms in total. The van der Waals surface area contributed by atoms with Crippen LogP contribution in [0.3, 0.4) is 0 Å². The zero-order valence-corrected chi connectivity index (χ0v) is 19.0. The van der Waals surface area contributed by atoms with Gasteiger partial charge in [0.25, 0.3) is 0 Å². The number of benzene rings is 2. The van der Waals surface area contributed by atoms with Crippen molar-refractivity contribution in [3.05, 3.63) is 104 Å². The standard InChI is InChI=1S/C26H21N5O4/c1-34-22-7-3-20(4-8-22)28-11-13-30(17-28)24-15-19(26(32)33)16-25(27-24)31-14-12-29(18-31)21-5-9-23(35-2)10-6-21/h3-16H,1-2H3,(H,32,33). The first-order valence-electron chi connectivity index (χ1n) is 10.6. The number of hydrogen-bond donors (Lipinski definition) is 1. The largest absolute Gasteiger partial charge is 0.497 e. The van der Waals surface area contributed by atoms with Gasteiger partial charge in [-0.1, -0.05) is 0 Å². The highest BCUT2D eigenvalue weighted by Crippen LogP contribution is 2.32. The molecule has 0 unspecified atom stereocenters. The van der Waals surface area contributed by atoms with Gasteiger partial charge in [-0.25, -0.2) is 9.78 Å². The molecule has 0 bridgehead atoms. The maximum Gasteiger partial charge on any atom is 0.335 e. The smallest absolute Gasteiger partial charge is 0.335 e. The number of pyridine rings is 1. The Kier molecular flexibility index (Phi) is 5.88. The molecule has 1 N–H and O–H groups in total. The predicted molar refractivity (Wildman–Crippen MR) is 132 cm³/mol. The average molecular weight is 467 g/mol. The Bertz CT molecular complexity index is 1180. The zero-order valence-electron chi connectivity index (χ0n) is 19.0. The van der Waals surface area contributed by atoms with Crippen LogP contribution >= 0.6 is 0 Å². The molecule has 0 aliphatic carbocycles. The Morgan fingerprint density at radius 3 is 1.49 bits per heavy atom. The van der Waals surface area contributed by atoms with E-state index in [1.807, 2.05) is 60.9 Å². The van der Waals surface area contributed by atoms with Crippen LogP contribution in [0, 0.1) is 13.3 Å². The Morgan fingerprint density at radius 2 is 1.11 bits per heavy atom. The summed E-state index contributed by atoms with van der Waals surface area (Å²) in [4.78, 5) is 23.4. The third-order valence-electron chi connectivity index (χ3n) is 5.40. The molecule has 2 aliphatic rings. The van der Waals surface area contributed by atoms with Crippen molar-refractivity contribution in [3.63, 3.8) is 0 Å². The van der Waals surface area contributed by atoms with Gasteiger partial charge in [-0.05, 0) is 60.7 Å². The van der Waals surface area contributed by atoms with Crippen molar-refractivity contribution in [2.45, 2.75) is 0 Å². The average Bonchev–Trinajstić information content (AvgIpc) is 3.59. The van der Waals surface area contributed by atoms with E-state index >= 15 is 0 Å². The molecule has 0 saturated heterocycles. The van der Waals surface area contributed by atoms with Crippen molar-refractivity contribution in [1.82, 2.24) is 4.98 Å². The fraction of sp³-hybridized carbons (Fsp3) is 0.0769.